The molecule has 1 saturated carbocycles. The second-order valence-corrected chi connectivity index (χ2v) is 4.53. The first kappa shape index (κ1) is 13.5. The Labute approximate surface area is 97.9 Å². The predicted molar refractivity (Wildman–Crippen MR) is 64.0 cm³/mol. The molecule has 94 valence electrons. The molecule has 4 nitrogen and oxygen atoms in total. The van der Waals surface area contributed by atoms with Crippen LogP contribution in [-0.2, 0) is 9.53 Å². The second kappa shape index (κ2) is 6.86. The molecule has 0 aromatic heterocycles. The van der Waals surface area contributed by atoms with E-state index < -0.39 is 0 Å². The number of hydrogen-bond donors (Lipinski definition) is 2. The Morgan fingerprint density at radius 3 is 2.69 bits per heavy atom. The summed E-state index contributed by atoms with van der Waals surface area (Å²) in [5, 5.41) is 3.03. The molecule has 0 radical (unpaired) electrons. The van der Waals surface area contributed by atoms with Crippen LogP contribution in [0.4, 0.5) is 0 Å². The van der Waals surface area contributed by atoms with Crippen molar-refractivity contribution in [3.05, 3.63) is 0 Å². The Morgan fingerprint density at radius 2 is 2.19 bits per heavy atom. The van der Waals surface area contributed by atoms with E-state index in [0.717, 1.165) is 25.9 Å². The Bertz CT molecular complexity index is 211. The van der Waals surface area contributed by atoms with Crippen LogP contribution in [0.25, 0.3) is 0 Å². The minimum Gasteiger partial charge on any atom is -0.378 e. The van der Waals surface area contributed by atoms with Crippen molar-refractivity contribution in [1.29, 1.82) is 0 Å². The quantitative estimate of drug-likeness (QED) is 0.684. The summed E-state index contributed by atoms with van der Waals surface area (Å²) >= 11 is 0. The van der Waals surface area contributed by atoms with Crippen molar-refractivity contribution in [2.45, 2.75) is 51.7 Å². The molecule has 1 unspecified atom stereocenters. The third kappa shape index (κ3) is 4.10. The van der Waals surface area contributed by atoms with Crippen LogP contribution in [0, 0.1) is 5.92 Å². The number of hydrogen-bond acceptors (Lipinski definition) is 3. The highest BCUT2D eigenvalue weighted by molar-refractivity contribution is 5.76. The lowest BCUT2D eigenvalue weighted by molar-refractivity contribution is -0.124. The summed E-state index contributed by atoms with van der Waals surface area (Å²) in [5.41, 5.74) is 5.57. The summed E-state index contributed by atoms with van der Waals surface area (Å²) in [6, 6.07) is 0.319. The molecular weight excluding hydrogens is 204 g/mol. The molecule has 1 amide bonds. The van der Waals surface area contributed by atoms with Crippen molar-refractivity contribution in [3.8, 4) is 0 Å². The van der Waals surface area contributed by atoms with Gasteiger partial charge in [0.25, 0.3) is 0 Å². The molecule has 0 saturated heterocycles. The summed E-state index contributed by atoms with van der Waals surface area (Å²) in [6.07, 6.45) is 3.79. The van der Waals surface area contributed by atoms with Crippen LogP contribution in [0.15, 0.2) is 0 Å². The van der Waals surface area contributed by atoms with Gasteiger partial charge in [-0.1, -0.05) is 13.3 Å². The van der Waals surface area contributed by atoms with Crippen molar-refractivity contribution in [2.75, 3.05) is 13.2 Å². The van der Waals surface area contributed by atoms with Gasteiger partial charge in [0, 0.05) is 19.1 Å². The average Bonchev–Trinajstić information content (AvgIpc) is 2.23. The van der Waals surface area contributed by atoms with Gasteiger partial charge in [-0.2, -0.15) is 0 Å². The summed E-state index contributed by atoms with van der Waals surface area (Å²) < 4.78 is 5.44. The maximum atomic E-state index is 11.6. The summed E-state index contributed by atoms with van der Waals surface area (Å²) in [6.45, 7) is 5.42. The van der Waals surface area contributed by atoms with Gasteiger partial charge in [-0.3, -0.25) is 4.79 Å². The van der Waals surface area contributed by atoms with Crippen LogP contribution >= 0.6 is 0 Å². The van der Waals surface area contributed by atoms with E-state index in [2.05, 4.69) is 12.2 Å². The topological polar surface area (TPSA) is 64.3 Å². The van der Waals surface area contributed by atoms with E-state index >= 15 is 0 Å². The predicted octanol–water partition coefficient (Wildman–Crippen LogP) is 1.05. The SMILES string of the molecule is CCOC1CC(NC(=O)CC(CC)CN)C1. The van der Waals surface area contributed by atoms with Gasteiger partial charge in [0.15, 0.2) is 0 Å². The van der Waals surface area contributed by atoms with E-state index in [1.807, 2.05) is 6.92 Å². The van der Waals surface area contributed by atoms with Gasteiger partial charge in [0.2, 0.25) is 5.91 Å². The van der Waals surface area contributed by atoms with E-state index in [4.69, 9.17) is 10.5 Å². The first-order chi connectivity index (χ1) is 7.69. The second-order valence-electron chi connectivity index (χ2n) is 4.53. The van der Waals surface area contributed by atoms with Crippen LogP contribution in [-0.4, -0.2) is 31.2 Å². The zero-order valence-corrected chi connectivity index (χ0v) is 10.4. The first-order valence-electron chi connectivity index (χ1n) is 6.30. The van der Waals surface area contributed by atoms with E-state index in [1.165, 1.54) is 0 Å². The van der Waals surface area contributed by atoms with Gasteiger partial charge in [0.05, 0.1) is 6.10 Å². The summed E-state index contributed by atoms with van der Waals surface area (Å²) in [7, 11) is 0. The van der Waals surface area contributed by atoms with Gasteiger partial charge >= 0.3 is 0 Å². The molecule has 0 bridgehead atoms. The third-order valence-electron chi connectivity index (χ3n) is 3.25. The maximum Gasteiger partial charge on any atom is 0.220 e. The fourth-order valence-electron chi connectivity index (χ4n) is 2.00. The monoisotopic (exact) mass is 228 g/mol. The van der Waals surface area contributed by atoms with E-state index in [-0.39, 0.29) is 5.91 Å². The van der Waals surface area contributed by atoms with Crippen LogP contribution in [0.1, 0.15) is 39.5 Å². The Balaban J connectivity index is 2.12. The number of nitrogens with one attached hydrogen (secondary N) is 1. The van der Waals surface area contributed by atoms with Crippen molar-refractivity contribution < 1.29 is 9.53 Å². The Kier molecular flexibility index (Phi) is 5.77. The number of carbonyl (C=O) groups is 1. The minimum absolute atomic E-state index is 0.136. The molecule has 0 heterocycles. The summed E-state index contributed by atoms with van der Waals surface area (Å²) in [5.74, 6) is 0.458. The normalized spacial score (nSPS) is 25.9. The van der Waals surface area contributed by atoms with Crippen LogP contribution in [0.5, 0.6) is 0 Å². The van der Waals surface area contributed by atoms with Crippen LogP contribution < -0.4 is 11.1 Å². The van der Waals surface area contributed by atoms with Crippen molar-refractivity contribution >= 4 is 5.91 Å². The van der Waals surface area contributed by atoms with E-state index in [9.17, 15) is 4.79 Å². The number of carbonyl (C=O) groups excluding carboxylic acids is 1. The zero-order valence-electron chi connectivity index (χ0n) is 10.4. The van der Waals surface area contributed by atoms with Crippen LogP contribution in [0.2, 0.25) is 0 Å². The molecule has 16 heavy (non-hydrogen) atoms. The molecule has 1 atom stereocenters. The minimum atomic E-state index is 0.136. The van der Waals surface area contributed by atoms with Crippen molar-refractivity contribution in [1.82, 2.24) is 5.32 Å². The highest BCUT2D eigenvalue weighted by Gasteiger charge is 2.30. The molecule has 0 spiro atoms. The molecule has 1 rings (SSSR count). The molecular formula is C12H24N2O2. The first-order valence-corrected chi connectivity index (χ1v) is 6.30. The van der Waals surface area contributed by atoms with Crippen molar-refractivity contribution in [3.63, 3.8) is 0 Å². The van der Waals surface area contributed by atoms with Crippen molar-refractivity contribution in [2.24, 2.45) is 11.7 Å². The number of nitrogens with two attached hydrogens (primary N) is 1. The molecule has 0 aromatic rings. The van der Waals surface area contributed by atoms with Gasteiger partial charge in [0.1, 0.15) is 0 Å². The third-order valence-corrected chi connectivity index (χ3v) is 3.25. The summed E-state index contributed by atoms with van der Waals surface area (Å²) in [4.78, 5) is 11.6. The van der Waals surface area contributed by atoms with Gasteiger partial charge in [-0.15, -0.1) is 0 Å². The lowest BCUT2D eigenvalue weighted by Gasteiger charge is -2.35. The Morgan fingerprint density at radius 1 is 1.50 bits per heavy atom. The standard InChI is InChI=1S/C12H24N2O2/c1-3-9(8-13)5-12(15)14-10-6-11(7-10)16-4-2/h9-11H,3-8,13H2,1-2H3,(H,14,15). The molecule has 1 fully saturated rings. The number of ether oxygens (including phenoxy) is 1. The number of amides is 1. The van der Waals surface area contributed by atoms with Gasteiger partial charge in [-0.25, -0.2) is 0 Å². The molecule has 0 aromatic carbocycles. The van der Waals surface area contributed by atoms with E-state index in [1.54, 1.807) is 0 Å². The molecule has 0 aliphatic heterocycles. The van der Waals surface area contributed by atoms with Crippen LogP contribution in [0.3, 0.4) is 0 Å². The smallest absolute Gasteiger partial charge is 0.220 e. The maximum absolute atomic E-state index is 11.6. The highest BCUT2D eigenvalue weighted by atomic mass is 16.5. The zero-order chi connectivity index (χ0) is 12.0. The largest absolute Gasteiger partial charge is 0.378 e. The highest BCUT2D eigenvalue weighted by Crippen LogP contribution is 2.23. The Hall–Kier alpha value is -0.610. The molecule has 4 heteroatoms. The van der Waals surface area contributed by atoms with Gasteiger partial charge < -0.3 is 15.8 Å². The molecule has 1 aliphatic carbocycles. The molecule has 3 N–H and O–H groups in total. The lowest BCUT2D eigenvalue weighted by Crippen LogP contribution is -2.48. The fraction of sp³-hybridized carbons (Fsp3) is 0.917. The molecule has 1 aliphatic rings. The lowest BCUT2D eigenvalue weighted by atomic mass is 9.89. The average molecular weight is 228 g/mol. The van der Waals surface area contributed by atoms with Gasteiger partial charge in [-0.05, 0) is 32.2 Å². The number of rotatable bonds is 7. The fourth-order valence-corrected chi connectivity index (χ4v) is 2.00. The van der Waals surface area contributed by atoms with E-state index in [0.29, 0.717) is 31.0 Å².